The first-order chi connectivity index (χ1) is 11.2. The number of hydrogen-bond donors (Lipinski definition) is 1. The van der Waals surface area contributed by atoms with E-state index in [4.69, 9.17) is 4.74 Å². The molecule has 1 amide bonds. The number of nitrogens with one attached hydrogen (secondary N) is 1. The predicted molar refractivity (Wildman–Crippen MR) is 89.9 cm³/mol. The fraction of sp³-hybridized carbons (Fsp3) is 0.0526. The second kappa shape index (κ2) is 6.75. The molecule has 3 aromatic rings. The van der Waals surface area contributed by atoms with Crippen molar-refractivity contribution in [2.24, 2.45) is 0 Å². The number of carbonyl (C=O) groups is 1. The number of nitrogens with zero attached hydrogens (tertiary/aromatic N) is 1. The quantitative estimate of drug-likeness (QED) is 0.775. The zero-order chi connectivity index (χ0) is 16.1. The zero-order valence-corrected chi connectivity index (χ0v) is 12.7. The Morgan fingerprint density at radius 1 is 1.00 bits per heavy atom. The van der Waals surface area contributed by atoms with Gasteiger partial charge in [-0.1, -0.05) is 24.3 Å². The van der Waals surface area contributed by atoms with E-state index in [9.17, 15) is 4.79 Å². The normalized spacial score (nSPS) is 10.1. The number of carbonyl (C=O) groups excluding carboxylic acids is 1. The maximum atomic E-state index is 12.3. The van der Waals surface area contributed by atoms with Crippen molar-refractivity contribution in [3.63, 3.8) is 0 Å². The van der Waals surface area contributed by atoms with E-state index in [2.05, 4.69) is 10.3 Å². The number of aryl methyl sites for hydroxylation is 1. The number of benzene rings is 2. The van der Waals surface area contributed by atoms with Gasteiger partial charge in [0.15, 0.2) is 0 Å². The number of rotatable bonds is 4. The Kier molecular flexibility index (Phi) is 4.34. The van der Waals surface area contributed by atoms with Gasteiger partial charge in [0, 0.05) is 23.5 Å². The molecule has 1 aromatic heterocycles. The van der Waals surface area contributed by atoms with Gasteiger partial charge in [-0.25, -0.2) is 4.98 Å². The molecule has 1 N–H and O–H groups in total. The lowest BCUT2D eigenvalue weighted by Crippen LogP contribution is -2.11. The van der Waals surface area contributed by atoms with E-state index in [0.717, 1.165) is 11.3 Å². The van der Waals surface area contributed by atoms with Crippen LogP contribution in [0.25, 0.3) is 0 Å². The first-order valence-electron chi connectivity index (χ1n) is 7.28. The summed E-state index contributed by atoms with van der Waals surface area (Å²) < 4.78 is 5.65. The lowest BCUT2D eigenvalue weighted by atomic mass is 10.2. The number of aromatic nitrogens is 1. The van der Waals surface area contributed by atoms with Gasteiger partial charge in [-0.05, 0) is 48.9 Å². The van der Waals surface area contributed by atoms with Gasteiger partial charge >= 0.3 is 0 Å². The molecule has 0 atom stereocenters. The van der Waals surface area contributed by atoms with E-state index >= 15 is 0 Å². The van der Waals surface area contributed by atoms with Crippen LogP contribution in [0.15, 0.2) is 72.9 Å². The van der Waals surface area contributed by atoms with E-state index in [0.29, 0.717) is 17.2 Å². The van der Waals surface area contributed by atoms with Gasteiger partial charge in [0.1, 0.15) is 5.75 Å². The molecule has 4 heteroatoms. The van der Waals surface area contributed by atoms with E-state index in [1.54, 1.807) is 36.5 Å². The van der Waals surface area contributed by atoms with Crippen LogP contribution in [-0.4, -0.2) is 10.9 Å². The van der Waals surface area contributed by atoms with Gasteiger partial charge in [-0.3, -0.25) is 4.79 Å². The van der Waals surface area contributed by atoms with Gasteiger partial charge in [0.2, 0.25) is 5.88 Å². The summed E-state index contributed by atoms with van der Waals surface area (Å²) in [6.45, 7) is 1.98. The lowest BCUT2D eigenvalue weighted by molar-refractivity contribution is 0.102. The Bertz CT molecular complexity index is 816. The molecule has 2 aromatic carbocycles. The van der Waals surface area contributed by atoms with Gasteiger partial charge in [0.25, 0.3) is 5.91 Å². The summed E-state index contributed by atoms with van der Waals surface area (Å²) in [5, 5.41) is 2.88. The van der Waals surface area contributed by atoms with Crippen molar-refractivity contribution >= 4 is 11.6 Å². The summed E-state index contributed by atoms with van der Waals surface area (Å²) in [6.07, 6.45) is 1.66. The summed E-state index contributed by atoms with van der Waals surface area (Å²) in [5.41, 5.74) is 2.39. The molecule has 0 spiro atoms. The van der Waals surface area contributed by atoms with Crippen LogP contribution in [0.3, 0.4) is 0 Å². The standard InChI is InChI=1S/C19H16N2O2/c1-14-6-4-8-16(12-14)21-19(22)15-7-5-9-17(13-15)23-18-10-2-3-11-20-18/h2-13H,1H3,(H,21,22). The average molecular weight is 304 g/mol. The van der Waals surface area contributed by atoms with Gasteiger partial charge in [-0.2, -0.15) is 0 Å². The molecule has 0 aliphatic carbocycles. The highest BCUT2D eigenvalue weighted by molar-refractivity contribution is 6.04. The third-order valence-electron chi connectivity index (χ3n) is 3.23. The minimum atomic E-state index is -0.179. The van der Waals surface area contributed by atoms with Crippen LogP contribution < -0.4 is 10.1 Å². The van der Waals surface area contributed by atoms with Crippen molar-refractivity contribution in [3.05, 3.63) is 84.1 Å². The summed E-state index contributed by atoms with van der Waals surface area (Å²) in [7, 11) is 0. The number of amides is 1. The fourth-order valence-corrected chi connectivity index (χ4v) is 2.16. The molecule has 0 radical (unpaired) electrons. The van der Waals surface area contributed by atoms with Crippen LogP contribution in [0.1, 0.15) is 15.9 Å². The second-order valence-electron chi connectivity index (χ2n) is 5.12. The Labute approximate surface area is 134 Å². The summed E-state index contributed by atoms with van der Waals surface area (Å²) in [5.74, 6) is 0.881. The maximum absolute atomic E-state index is 12.3. The molecule has 0 saturated carbocycles. The third kappa shape index (κ3) is 3.95. The topological polar surface area (TPSA) is 51.2 Å². The smallest absolute Gasteiger partial charge is 0.255 e. The van der Waals surface area contributed by atoms with Crippen molar-refractivity contribution < 1.29 is 9.53 Å². The van der Waals surface area contributed by atoms with E-state index < -0.39 is 0 Å². The van der Waals surface area contributed by atoms with Crippen LogP contribution in [0.4, 0.5) is 5.69 Å². The molecule has 0 saturated heterocycles. The molecule has 23 heavy (non-hydrogen) atoms. The fourth-order valence-electron chi connectivity index (χ4n) is 2.16. The molecule has 0 aliphatic rings. The molecule has 0 unspecified atom stereocenters. The SMILES string of the molecule is Cc1cccc(NC(=O)c2cccc(Oc3ccccn3)c2)c1. The summed E-state index contributed by atoms with van der Waals surface area (Å²) >= 11 is 0. The maximum Gasteiger partial charge on any atom is 0.255 e. The summed E-state index contributed by atoms with van der Waals surface area (Å²) in [4.78, 5) is 16.5. The Morgan fingerprint density at radius 2 is 1.87 bits per heavy atom. The zero-order valence-electron chi connectivity index (χ0n) is 12.7. The van der Waals surface area contributed by atoms with Crippen molar-refractivity contribution in [1.29, 1.82) is 0 Å². The molecule has 1 heterocycles. The van der Waals surface area contributed by atoms with Crippen LogP contribution in [-0.2, 0) is 0 Å². The van der Waals surface area contributed by atoms with Crippen molar-refractivity contribution in [1.82, 2.24) is 4.98 Å². The first kappa shape index (κ1) is 14.8. The first-order valence-corrected chi connectivity index (χ1v) is 7.28. The molecule has 0 fully saturated rings. The summed E-state index contributed by atoms with van der Waals surface area (Å²) in [6, 6.07) is 20.1. The molecular formula is C19H16N2O2. The van der Waals surface area contributed by atoms with Crippen molar-refractivity contribution in [3.8, 4) is 11.6 Å². The van der Waals surface area contributed by atoms with Gasteiger partial charge < -0.3 is 10.1 Å². The average Bonchev–Trinajstić information content (AvgIpc) is 2.56. The highest BCUT2D eigenvalue weighted by Gasteiger charge is 2.08. The molecular weight excluding hydrogens is 288 g/mol. The van der Waals surface area contributed by atoms with Crippen molar-refractivity contribution in [2.45, 2.75) is 6.92 Å². The van der Waals surface area contributed by atoms with Crippen LogP contribution in [0.5, 0.6) is 11.6 Å². The highest BCUT2D eigenvalue weighted by atomic mass is 16.5. The van der Waals surface area contributed by atoms with E-state index in [-0.39, 0.29) is 5.91 Å². The molecule has 0 aliphatic heterocycles. The van der Waals surface area contributed by atoms with Gasteiger partial charge in [-0.15, -0.1) is 0 Å². The molecule has 4 nitrogen and oxygen atoms in total. The Hall–Kier alpha value is -3.14. The van der Waals surface area contributed by atoms with Crippen molar-refractivity contribution in [2.75, 3.05) is 5.32 Å². The van der Waals surface area contributed by atoms with Gasteiger partial charge in [0.05, 0.1) is 0 Å². The minimum absolute atomic E-state index is 0.179. The van der Waals surface area contributed by atoms with E-state index in [1.807, 2.05) is 43.3 Å². The Balaban J connectivity index is 1.75. The number of anilines is 1. The number of hydrogen-bond acceptors (Lipinski definition) is 3. The lowest BCUT2D eigenvalue weighted by Gasteiger charge is -2.08. The highest BCUT2D eigenvalue weighted by Crippen LogP contribution is 2.21. The second-order valence-corrected chi connectivity index (χ2v) is 5.12. The van der Waals surface area contributed by atoms with Crippen LogP contribution in [0.2, 0.25) is 0 Å². The Morgan fingerprint density at radius 3 is 2.65 bits per heavy atom. The monoisotopic (exact) mass is 304 g/mol. The number of pyridine rings is 1. The minimum Gasteiger partial charge on any atom is -0.439 e. The van der Waals surface area contributed by atoms with E-state index in [1.165, 1.54) is 0 Å². The van der Waals surface area contributed by atoms with Crippen LogP contribution in [0, 0.1) is 6.92 Å². The molecule has 0 bridgehead atoms. The van der Waals surface area contributed by atoms with Crippen LogP contribution >= 0.6 is 0 Å². The number of ether oxygens (including phenoxy) is 1. The third-order valence-corrected chi connectivity index (χ3v) is 3.23. The largest absolute Gasteiger partial charge is 0.439 e. The predicted octanol–water partition coefficient (Wildman–Crippen LogP) is 4.43. The molecule has 3 rings (SSSR count). The molecule has 114 valence electrons.